The summed E-state index contributed by atoms with van der Waals surface area (Å²) in [4.78, 5) is 16.4. The first-order chi connectivity index (χ1) is 11.9. The first kappa shape index (κ1) is 18.4. The number of carbonyl (C=O) groups is 1. The summed E-state index contributed by atoms with van der Waals surface area (Å²) in [5.74, 6) is -0.0146. The van der Waals surface area contributed by atoms with Crippen molar-refractivity contribution in [3.05, 3.63) is 35.9 Å². The first-order valence-electron chi connectivity index (χ1n) is 9.26. The van der Waals surface area contributed by atoms with Crippen molar-refractivity contribution in [2.24, 2.45) is 0 Å². The lowest BCUT2D eigenvalue weighted by Crippen LogP contribution is -2.60. The molecule has 0 bridgehead atoms. The smallest absolute Gasteiger partial charge is 0.248 e. The molecule has 2 aliphatic rings. The third-order valence-electron chi connectivity index (χ3n) is 5.24. The van der Waals surface area contributed by atoms with Crippen LogP contribution in [0.25, 0.3) is 0 Å². The average Bonchev–Trinajstić information content (AvgIpc) is 2.58. The molecule has 1 amide bonds. The molecule has 25 heavy (non-hydrogen) atoms. The SMILES string of the molecule is CC(C)(O)CN1CC2(CCN(CCc3ccccc3)CC2)OCC1=O. The molecule has 0 aromatic heterocycles. The van der Waals surface area contributed by atoms with E-state index in [4.69, 9.17) is 4.74 Å². The Morgan fingerprint density at radius 2 is 1.88 bits per heavy atom. The first-order valence-corrected chi connectivity index (χ1v) is 9.26. The van der Waals surface area contributed by atoms with E-state index >= 15 is 0 Å². The molecule has 5 heteroatoms. The molecular formula is C20H30N2O3. The fraction of sp³-hybridized carbons (Fsp3) is 0.650. The van der Waals surface area contributed by atoms with E-state index < -0.39 is 5.60 Å². The minimum Gasteiger partial charge on any atom is -0.389 e. The van der Waals surface area contributed by atoms with Gasteiger partial charge in [-0.3, -0.25) is 4.79 Å². The van der Waals surface area contributed by atoms with Gasteiger partial charge >= 0.3 is 0 Å². The Morgan fingerprint density at radius 1 is 1.20 bits per heavy atom. The highest BCUT2D eigenvalue weighted by Crippen LogP contribution is 2.31. The van der Waals surface area contributed by atoms with Gasteiger partial charge < -0.3 is 19.6 Å². The number of carbonyl (C=O) groups excluding carboxylic acids is 1. The molecule has 0 radical (unpaired) electrons. The van der Waals surface area contributed by atoms with E-state index in [9.17, 15) is 9.90 Å². The normalized spacial score (nSPS) is 21.7. The summed E-state index contributed by atoms with van der Waals surface area (Å²) in [6.45, 7) is 7.65. The van der Waals surface area contributed by atoms with E-state index in [1.165, 1.54) is 5.56 Å². The molecule has 2 aliphatic heterocycles. The lowest BCUT2D eigenvalue weighted by atomic mass is 9.88. The number of piperidine rings is 1. The number of morpholine rings is 1. The Morgan fingerprint density at radius 3 is 2.52 bits per heavy atom. The molecule has 0 aliphatic carbocycles. The Kier molecular flexibility index (Phi) is 5.46. The van der Waals surface area contributed by atoms with Crippen LogP contribution < -0.4 is 0 Å². The topological polar surface area (TPSA) is 53.0 Å². The quantitative estimate of drug-likeness (QED) is 0.882. The molecule has 0 unspecified atom stereocenters. The third kappa shape index (κ3) is 5.03. The molecule has 138 valence electrons. The lowest BCUT2D eigenvalue weighted by molar-refractivity contribution is -0.175. The number of aliphatic hydroxyl groups is 1. The number of amides is 1. The number of hydrogen-bond donors (Lipinski definition) is 1. The summed E-state index contributed by atoms with van der Waals surface area (Å²) in [5, 5.41) is 10.1. The molecular weight excluding hydrogens is 316 g/mol. The molecule has 1 spiro atoms. The summed E-state index contributed by atoms with van der Waals surface area (Å²) in [7, 11) is 0. The maximum absolute atomic E-state index is 12.1. The number of β-amino-alcohol motifs (C(OH)–C–C–N with tert-alkyl or cyclic N) is 1. The van der Waals surface area contributed by atoms with Crippen LogP contribution in [0.2, 0.25) is 0 Å². The van der Waals surface area contributed by atoms with Gasteiger partial charge in [0.15, 0.2) is 0 Å². The Balaban J connectivity index is 1.51. The van der Waals surface area contributed by atoms with E-state index in [0.717, 1.165) is 38.9 Å². The molecule has 5 nitrogen and oxygen atoms in total. The zero-order valence-electron chi connectivity index (χ0n) is 15.4. The fourth-order valence-electron chi connectivity index (χ4n) is 3.82. The predicted octanol–water partition coefficient (Wildman–Crippen LogP) is 1.69. The second kappa shape index (κ2) is 7.44. The third-order valence-corrected chi connectivity index (χ3v) is 5.24. The highest BCUT2D eigenvalue weighted by atomic mass is 16.5. The van der Waals surface area contributed by atoms with Crippen LogP contribution in [0.1, 0.15) is 32.3 Å². The Labute approximate surface area is 150 Å². The van der Waals surface area contributed by atoms with Gasteiger partial charge in [0.05, 0.1) is 11.2 Å². The second-order valence-corrected chi connectivity index (χ2v) is 8.11. The van der Waals surface area contributed by atoms with Gasteiger partial charge in [-0.15, -0.1) is 0 Å². The summed E-state index contributed by atoms with van der Waals surface area (Å²) >= 11 is 0. The molecule has 1 aromatic carbocycles. The van der Waals surface area contributed by atoms with Crippen molar-refractivity contribution in [3.8, 4) is 0 Å². The van der Waals surface area contributed by atoms with Gasteiger partial charge in [0.2, 0.25) is 5.91 Å². The van der Waals surface area contributed by atoms with Crippen LogP contribution in [0.3, 0.4) is 0 Å². The number of rotatable bonds is 5. The van der Waals surface area contributed by atoms with Crippen molar-refractivity contribution in [2.45, 2.75) is 44.3 Å². The van der Waals surface area contributed by atoms with Crippen molar-refractivity contribution >= 4 is 5.91 Å². The van der Waals surface area contributed by atoms with Gasteiger partial charge in [0.1, 0.15) is 6.61 Å². The van der Waals surface area contributed by atoms with E-state index in [2.05, 4.69) is 35.2 Å². The number of ether oxygens (including phenoxy) is 1. The molecule has 0 atom stereocenters. The van der Waals surface area contributed by atoms with Crippen molar-refractivity contribution in [2.75, 3.05) is 39.3 Å². The van der Waals surface area contributed by atoms with E-state index in [1.807, 2.05) is 0 Å². The van der Waals surface area contributed by atoms with E-state index in [1.54, 1.807) is 18.7 Å². The maximum Gasteiger partial charge on any atom is 0.248 e. The largest absolute Gasteiger partial charge is 0.389 e. The average molecular weight is 346 g/mol. The molecule has 2 saturated heterocycles. The van der Waals surface area contributed by atoms with Crippen molar-refractivity contribution in [1.29, 1.82) is 0 Å². The van der Waals surface area contributed by atoms with Crippen LogP contribution in [0.5, 0.6) is 0 Å². The Hall–Kier alpha value is -1.43. The second-order valence-electron chi connectivity index (χ2n) is 8.11. The number of nitrogens with zero attached hydrogens (tertiary/aromatic N) is 2. The highest BCUT2D eigenvalue weighted by molar-refractivity contribution is 5.78. The van der Waals surface area contributed by atoms with Gasteiger partial charge in [0.25, 0.3) is 0 Å². The van der Waals surface area contributed by atoms with Crippen LogP contribution in [0, 0.1) is 0 Å². The van der Waals surface area contributed by atoms with Crippen molar-refractivity contribution in [1.82, 2.24) is 9.80 Å². The molecule has 0 saturated carbocycles. The van der Waals surface area contributed by atoms with Gasteiger partial charge in [-0.05, 0) is 38.7 Å². The van der Waals surface area contributed by atoms with Gasteiger partial charge in [-0.25, -0.2) is 0 Å². The van der Waals surface area contributed by atoms with Crippen molar-refractivity contribution in [3.63, 3.8) is 0 Å². The predicted molar refractivity (Wildman–Crippen MR) is 97.4 cm³/mol. The molecule has 2 heterocycles. The van der Waals surface area contributed by atoms with E-state index in [0.29, 0.717) is 13.1 Å². The minimum atomic E-state index is -0.870. The highest BCUT2D eigenvalue weighted by Gasteiger charge is 2.43. The molecule has 2 fully saturated rings. The van der Waals surface area contributed by atoms with Crippen LogP contribution >= 0.6 is 0 Å². The molecule has 1 N–H and O–H groups in total. The van der Waals surface area contributed by atoms with Crippen LogP contribution in [0.4, 0.5) is 0 Å². The molecule has 1 aromatic rings. The zero-order valence-corrected chi connectivity index (χ0v) is 15.4. The van der Waals surface area contributed by atoms with Crippen LogP contribution in [0.15, 0.2) is 30.3 Å². The molecule has 3 rings (SSSR count). The maximum atomic E-state index is 12.1. The van der Waals surface area contributed by atoms with Crippen molar-refractivity contribution < 1.29 is 14.6 Å². The van der Waals surface area contributed by atoms with Crippen LogP contribution in [-0.2, 0) is 16.0 Å². The lowest BCUT2D eigenvalue weighted by Gasteiger charge is -2.48. The number of likely N-dealkylation sites (tertiary alicyclic amines) is 1. The summed E-state index contributed by atoms with van der Waals surface area (Å²) < 4.78 is 5.98. The fourth-order valence-corrected chi connectivity index (χ4v) is 3.82. The minimum absolute atomic E-state index is 0.0146. The van der Waals surface area contributed by atoms with Gasteiger partial charge in [-0.2, -0.15) is 0 Å². The summed E-state index contributed by atoms with van der Waals surface area (Å²) in [6, 6.07) is 10.6. The monoisotopic (exact) mass is 346 g/mol. The summed E-state index contributed by atoms with van der Waals surface area (Å²) in [5.41, 5.74) is 0.270. The van der Waals surface area contributed by atoms with E-state index in [-0.39, 0.29) is 18.1 Å². The van der Waals surface area contributed by atoms with Crippen LogP contribution in [-0.4, -0.2) is 71.3 Å². The number of hydrogen-bond acceptors (Lipinski definition) is 4. The van der Waals surface area contributed by atoms with Gasteiger partial charge in [-0.1, -0.05) is 30.3 Å². The van der Waals surface area contributed by atoms with Gasteiger partial charge in [0, 0.05) is 32.7 Å². The zero-order chi connectivity index (χ0) is 17.9. The standard InChI is InChI=1S/C20H30N2O3/c1-19(2,24)15-22-16-20(25-14-18(22)23)9-12-21(13-10-20)11-8-17-6-4-3-5-7-17/h3-7,24H,8-16H2,1-2H3. The summed E-state index contributed by atoms with van der Waals surface area (Å²) in [6.07, 6.45) is 2.95. The Bertz CT molecular complexity index is 574. The number of benzene rings is 1.